The highest BCUT2D eigenvalue weighted by molar-refractivity contribution is 5.83. The van der Waals surface area contributed by atoms with Crippen molar-refractivity contribution in [3.8, 4) is 6.07 Å². The minimum absolute atomic E-state index is 0.555. The Morgan fingerprint density at radius 3 is 2.45 bits per heavy atom. The summed E-state index contributed by atoms with van der Waals surface area (Å²) >= 11 is 0. The second-order valence-corrected chi connectivity index (χ2v) is 6.97. The number of hydrogen-bond acceptors (Lipinski definition) is 4. The number of benzene rings is 2. The van der Waals surface area contributed by atoms with Crippen LogP contribution in [0.5, 0.6) is 0 Å². The molecule has 0 aliphatic heterocycles. The molecule has 0 saturated carbocycles. The number of nitriles is 1. The Bertz CT molecular complexity index is 1110. The zero-order valence-electron chi connectivity index (χ0n) is 16.2. The lowest BCUT2D eigenvalue weighted by atomic mass is 10.1. The summed E-state index contributed by atoms with van der Waals surface area (Å²) in [5, 5.41) is 16.8. The van der Waals surface area contributed by atoms with Crippen molar-refractivity contribution in [1.29, 1.82) is 5.26 Å². The van der Waals surface area contributed by atoms with Gasteiger partial charge in [-0.1, -0.05) is 12.1 Å². The molecule has 3 N–H and O–H groups in total. The average Bonchev–Trinajstić information content (AvgIpc) is 3.16. The zero-order valence-corrected chi connectivity index (χ0v) is 16.2. The average molecular weight is 381 g/mol. The largest absolute Gasteiger partial charge is 0.385 e. The first-order valence-electron chi connectivity index (χ1n) is 9.78. The fourth-order valence-electron chi connectivity index (χ4n) is 3.41. The summed E-state index contributed by atoms with van der Waals surface area (Å²) in [6.07, 6.45) is 7.93. The number of pyridine rings is 1. The molecule has 0 atom stereocenters. The molecule has 2 aromatic heterocycles. The number of H-pyrrole nitrogens is 1. The summed E-state index contributed by atoms with van der Waals surface area (Å²) in [5.41, 5.74) is 6.81. The predicted octanol–water partition coefficient (Wildman–Crippen LogP) is 5.42. The number of nitrogens with one attached hydrogen (secondary N) is 3. The van der Waals surface area contributed by atoms with E-state index in [1.54, 1.807) is 12.4 Å². The topological polar surface area (TPSA) is 76.5 Å². The van der Waals surface area contributed by atoms with Gasteiger partial charge in [0.15, 0.2) is 0 Å². The van der Waals surface area contributed by atoms with Crippen LogP contribution in [0.2, 0.25) is 0 Å². The van der Waals surface area contributed by atoms with Gasteiger partial charge in [-0.05, 0) is 66.4 Å². The van der Waals surface area contributed by atoms with Gasteiger partial charge in [-0.3, -0.25) is 4.98 Å². The maximum absolute atomic E-state index is 8.75. The molecule has 0 aliphatic rings. The Hall–Kier alpha value is -3.78. The number of aromatic amines is 1. The van der Waals surface area contributed by atoms with Crippen LogP contribution in [-0.4, -0.2) is 16.5 Å². The molecule has 29 heavy (non-hydrogen) atoms. The smallest absolute Gasteiger partial charge is 0.0625 e. The molecule has 0 radical (unpaired) electrons. The van der Waals surface area contributed by atoms with Crippen molar-refractivity contribution in [2.75, 3.05) is 17.2 Å². The van der Waals surface area contributed by atoms with Gasteiger partial charge in [0.2, 0.25) is 0 Å². The maximum atomic E-state index is 8.75. The summed E-state index contributed by atoms with van der Waals surface area (Å²) in [6.45, 7) is 0.861. The second kappa shape index (κ2) is 8.94. The minimum Gasteiger partial charge on any atom is -0.385 e. The van der Waals surface area contributed by atoms with Gasteiger partial charge >= 0.3 is 0 Å². The maximum Gasteiger partial charge on any atom is 0.0625 e. The van der Waals surface area contributed by atoms with Gasteiger partial charge in [0, 0.05) is 59.5 Å². The van der Waals surface area contributed by atoms with Gasteiger partial charge in [-0.2, -0.15) is 5.26 Å². The van der Waals surface area contributed by atoms with E-state index < -0.39 is 0 Å². The molecule has 2 aromatic carbocycles. The van der Waals surface area contributed by atoms with Crippen LogP contribution in [0.1, 0.15) is 17.5 Å². The molecule has 4 aromatic rings. The van der Waals surface area contributed by atoms with Crippen molar-refractivity contribution in [2.24, 2.45) is 0 Å². The van der Waals surface area contributed by atoms with E-state index in [0.29, 0.717) is 6.42 Å². The van der Waals surface area contributed by atoms with Gasteiger partial charge in [-0.25, -0.2) is 0 Å². The van der Waals surface area contributed by atoms with Gasteiger partial charge < -0.3 is 15.6 Å². The number of nitrogens with zero attached hydrogens (tertiary/aromatic N) is 2. The molecule has 5 heteroatoms. The minimum atomic E-state index is 0.555. The molecule has 2 heterocycles. The Morgan fingerprint density at radius 1 is 0.897 bits per heavy atom. The molecule has 144 valence electrons. The molecular formula is C24H23N5. The fraction of sp³-hybridized carbons (Fsp3) is 0.167. The second-order valence-electron chi connectivity index (χ2n) is 6.97. The Balaban J connectivity index is 1.32. The molecule has 0 aliphatic carbocycles. The number of fused-ring (bicyclic) bond motifs is 1. The lowest BCUT2D eigenvalue weighted by Crippen LogP contribution is -2.04. The van der Waals surface area contributed by atoms with Crippen LogP contribution in [0.4, 0.5) is 17.1 Å². The first-order valence-corrected chi connectivity index (χ1v) is 9.78. The van der Waals surface area contributed by atoms with Gasteiger partial charge in [-0.15, -0.1) is 0 Å². The van der Waals surface area contributed by atoms with E-state index in [9.17, 15) is 0 Å². The number of aryl methyl sites for hydroxylation is 1. The lowest BCUT2D eigenvalue weighted by molar-refractivity contribution is 1.01. The predicted molar refractivity (Wildman–Crippen MR) is 118 cm³/mol. The Kier molecular flexibility index (Phi) is 5.73. The van der Waals surface area contributed by atoms with E-state index in [-0.39, 0.29) is 0 Å². The number of anilines is 3. The van der Waals surface area contributed by atoms with Crippen molar-refractivity contribution < 1.29 is 0 Å². The first kappa shape index (κ1) is 18.6. The van der Waals surface area contributed by atoms with Crippen molar-refractivity contribution >= 4 is 28.0 Å². The van der Waals surface area contributed by atoms with Crippen LogP contribution in [0, 0.1) is 11.3 Å². The third-order valence-electron chi connectivity index (χ3n) is 4.93. The van der Waals surface area contributed by atoms with E-state index in [4.69, 9.17) is 5.26 Å². The standard InChI is InChI=1S/C24H23N5/c25-12-1-2-18-3-8-23-19(17-28-24(23)16-18)9-15-27-20-4-6-21(7-5-20)29-22-10-13-26-14-11-22/h3-8,10-11,13-14,16-17,27-28H,1-2,9,15H2,(H,26,29). The molecule has 0 fully saturated rings. The SMILES string of the molecule is N#CCCc1ccc2c(CCNc3ccc(Nc4ccncc4)cc3)c[nH]c2c1. The molecule has 0 saturated heterocycles. The molecule has 4 rings (SSSR count). The van der Waals surface area contributed by atoms with E-state index >= 15 is 0 Å². The summed E-state index contributed by atoms with van der Waals surface area (Å²) in [7, 11) is 0. The monoisotopic (exact) mass is 381 g/mol. The highest BCUT2D eigenvalue weighted by Crippen LogP contribution is 2.22. The molecule has 0 unspecified atom stereocenters. The first-order chi connectivity index (χ1) is 14.3. The third kappa shape index (κ3) is 4.74. The third-order valence-corrected chi connectivity index (χ3v) is 4.93. The highest BCUT2D eigenvalue weighted by atomic mass is 14.9. The fourth-order valence-corrected chi connectivity index (χ4v) is 3.41. The van der Waals surface area contributed by atoms with Gasteiger partial charge in [0.1, 0.15) is 0 Å². The van der Waals surface area contributed by atoms with E-state index in [0.717, 1.165) is 42.0 Å². The quantitative estimate of drug-likeness (QED) is 0.381. The van der Waals surface area contributed by atoms with Gasteiger partial charge in [0.25, 0.3) is 0 Å². The number of hydrogen-bond donors (Lipinski definition) is 3. The van der Waals surface area contributed by atoms with Crippen LogP contribution >= 0.6 is 0 Å². The number of rotatable bonds is 8. The van der Waals surface area contributed by atoms with Crippen LogP contribution in [-0.2, 0) is 12.8 Å². The summed E-state index contributed by atoms with van der Waals surface area (Å²) in [5.74, 6) is 0. The zero-order chi connectivity index (χ0) is 19.9. The van der Waals surface area contributed by atoms with Crippen molar-refractivity contribution in [1.82, 2.24) is 9.97 Å². The van der Waals surface area contributed by atoms with E-state index in [1.165, 1.54) is 16.5 Å². The van der Waals surface area contributed by atoms with Crippen LogP contribution < -0.4 is 10.6 Å². The molecular weight excluding hydrogens is 358 g/mol. The molecule has 5 nitrogen and oxygen atoms in total. The summed E-state index contributed by atoms with van der Waals surface area (Å²) in [6, 6.07) is 20.8. The van der Waals surface area contributed by atoms with E-state index in [1.807, 2.05) is 12.1 Å². The Morgan fingerprint density at radius 2 is 1.66 bits per heavy atom. The van der Waals surface area contributed by atoms with Crippen molar-refractivity contribution in [3.05, 3.63) is 84.3 Å². The van der Waals surface area contributed by atoms with Crippen molar-refractivity contribution in [2.45, 2.75) is 19.3 Å². The lowest BCUT2D eigenvalue weighted by Gasteiger charge is -2.09. The van der Waals surface area contributed by atoms with Crippen LogP contribution in [0.25, 0.3) is 10.9 Å². The highest BCUT2D eigenvalue weighted by Gasteiger charge is 2.05. The number of aromatic nitrogens is 2. The van der Waals surface area contributed by atoms with Crippen molar-refractivity contribution in [3.63, 3.8) is 0 Å². The van der Waals surface area contributed by atoms with Crippen LogP contribution in [0.15, 0.2) is 73.2 Å². The molecule has 0 amide bonds. The summed E-state index contributed by atoms with van der Waals surface area (Å²) in [4.78, 5) is 7.39. The molecule has 0 spiro atoms. The van der Waals surface area contributed by atoms with Crippen LogP contribution in [0.3, 0.4) is 0 Å². The Labute approximate surface area is 170 Å². The van der Waals surface area contributed by atoms with Gasteiger partial charge in [0.05, 0.1) is 6.07 Å². The summed E-state index contributed by atoms with van der Waals surface area (Å²) < 4.78 is 0. The molecule has 0 bridgehead atoms. The normalized spacial score (nSPS) is 10.6. The van der Waals surface area contributed by atoms with E-state index in [2.05, 4.69) is 75.3 Å².